The van der Waals surface area contributed by atoms with Crippen molar-refractivity contribution in [3.05, 3.63) is 0 Å². The summed E-state index contributed by atoms with van der Waals surface area (Å²) >= 11 is 0. The van der Waals surface area contributed by atoms with Crippen molar-refractivity contribution in [3.8, 4) is 0 Å². The maximum atomic E-state index is 12.7. The number of rotatable bonds is 7. The van der Waals surface area contributed by atoms with Gasteiger partial charge in [-0.3, -0.25) is 4.90 Å². The highest BCUT2D eigenvalue weighted by molar-refractivity contribution is 4.91. The zero-order chi connectivity index (χ0) is 15.4. The highest BCUT2D eigenvalue weighted by Gasteiger charge is 2.39. The summed E-state index contributed by atoms with van der Waals surface area (Å²) in [6.45, 7) is 8.44. The fraction of sp³-hybridized carbons (Fsp3) is 1.00. The van der Waals surface area contributed by atoms with Crippen molar-refractivity contribution in [1.82, 2.24) is 10.2 Å². The van der Waals surface area contributed by atoms with Gasteiger partial charge in [-0.05, 0) is 32.1 Å². The molecule has 1 aliphatic carbocycles. The van der Waals surface area contributed by atoms with Gasteiger partial charge < -0.3 is 5.32 Å². The molecule has 0 spiro atoms. The zero-order valence-corrected chi connectivity index (χ0v) is 13.2. The van der Waals surface area contributed by atoms with Crippen molar-refractivity contribution in [2.24, 2.45) is 5.41 Å². The first-order chi connectivity index (χ1) is 9.14. The molecule has 0 amide bonds. The van der Waals surface area contributed by atoms with Crippen molar-refractivity contribution >= 4 is 0 Å². The standard InChI is InChI=1S/C15H29F3N2/c1-12(2)19-9-14(7-5-6-8-14)10-20(13(3)4)11-15(16,17)18/h12-13,19H,5-11H2,1-4H3. The molecule has 0 heterocycles. The van der Waals surface area contributed by atoms with Crippen LogP contribution in [-0.2, 0) is 0 Å². The SMILES string of the molecule is CC(C)NCC1(CN(CC(F)(F)F)C(C)C)CCCC1. The number of nitrogens with one attached hydrogen (secondary N) is 1. The molecule has 0 bridgehead atoms. The van der Waals surface area contributed by atoms with E-state index in [2.05, 4.69) is 19.2 Å². The third-order valence-electron chi connectivity index (χ3n) is 4.20. The molecule has 1 N–H and O–H groups in total. The van der Waals surface area contributed by atoms with Crippen LogP contribution in [0.5, 0.6) is 0 Å². The van der Waals surface area contributed by atoms with E-state index in [0.717, 1.165) is 32.2 Å². The lowest BCUT2D eigenvalue weighted by molar-refractivity contribution is -0.153. The van der Waals surface area contributed by atoms with Crippen LogP contribution in [-0.4, -0.2) is 42.8 Å². The number of alkyl halides is 3. The van der Waals surface area contributed by atoms with Crippen LogP contribution in [0, 0.1) is 5.41 Å². The van der Waals surface area contributed by atoms with E-state index in [0.29, 0.717) is 12.6 Å². The molecule has 0 aromatic rings. The van der Waals surface area contributed by atoms with Crippen LogP contribution in [0.25, 0.3) is 0 Å². The first kappa shape index (κ1) is 17.8. The Hall–Kier alpha value is -0.290. The number of hydrogen-bond donors (Lipinski definition) is 1. The molecule has 1 fully saturated rings. The van der Waals surface area contributed by atoms with Crippen LogP contribution in [0.2, 0.25) is 0 Å². The van der Waals surface area contributed by atoms with Gasteiger partial charge in [-0.15, -0.1) is 0 Å². The van der Waals surface area contributed by atoms with Gasteiger partial charge in [0.15, 0.2) is 0 Å². The number of nitrogens with zero attached hydrogens (tertiary/aromatic N) is 1. The molecular weight excluding hydrogens is 265 g/mol. The first-order valence-electron chi connectivity index (χ1n) is 7.68. The predicted octanol–water partition coefficient (Wildman–Crippen LogP) is 3.82. The van der Waals surface area contributed by atoms with E-state index in [9.17, 15) is 13.2 Å². The van der Waals surface area contributed by atoms with Crippen molar-refractivity contribution in [1.29, 1.82) is 0 Å². The van der Waals surface area contributed by atoms with Crippen molar-refractivity contribution in [2.75, 3.05) is 19.6 Å². The lowest BCUT2D eigenvalue weighted by Gasteiger charge is -2.38. The summed E-state index contributed by atoms with van der Waals surface area (Å²) in [7, 11) is 0. The van der Waals surface area contributed by atoms with Crippen LogP contribution in [0.3, 0.4) is 0 Å². The second-order valence-corrected chi connectivity index (χ2v) is 6.86. The largest absolute Gasteiger partial charge is 0.401 e. The summed E-state index contributed by atoms with van der Waals surface area (Å²) in [6, 6.07) is 0.302. The number of halogens is 3. The Morgan fingerprint density at radius 3 is 2.05 bits per heavy atom. The minimum atomic E-state index is -4.12. The summed E-state index contributed by atoms with van der Waals surface area (Å²) in [4.78, 5) is 1.59. The minimum absolute atomic E-state index is 0.0137. The van der Waals surface area contributed by atoms with Gasteiger partial charge in [-0.1, -0.05) is 26.7 Å². The smallest absolute Gasteiger partial charge is 0.314 e. The molecule has 0 saturated heterocycles. The minimum Gasteiger partial charge on any atom is -0.314 e. The fourth-order valence-corrected chi connectivity index (χ4v) is 3.02. The Morgan fingerprint density at radius 1 is 1.10 bits per heavy atom. The van der Waals surface area contributed by atoms with Gasteiger partial charge in [-0.2, -0.15) is 13.2 Å². The first-order valence-corrected chi connectivity index (χ1v) is 7.68. The second-order valence-electron chi connectivity index (χ2n) is 6.86. The molecule has 0 atom stereocenters. The topological polar surface area (TPSA) is 15.3 Å². The summed E-state index contributed by atoms with van der Waals surface area (Å²) < 4.78 is 38.2. The monoisotopic (exact) mass is 294 g/mol. The third-order valence-corrected chi connectivity index (χ3v) is 4.20. The van der Waals surface area contributed by atoms with Crippen LogP contribution in [0.4, 0.5) is 13.2 Å². The van der Waals surface area contributed by atoms with Crippen molar-refractivity contribution in [2.45, 2.75) is 71.6 Å². The molecule has 120 valence electrons. The number of hydrogen-bond acceptors (Lipinski definition) is 2. The maximum Gasteiger partial charge on any atom is 0.401 e. The van der Waals surface area contributed by atoms with Gasteiger partial charge in [0.05, 0.1) is 6.54 Å². The maximum absolute atomic E-state index is 12.7. The molecule has 1 saturated carbocycles. The fourth-order valence-electron chi connectivity index (χ4n) is 3.02. The summed E-state index contributed by atoms with van der Waals surface area (Å²) in [5.74, 6) is 0. The Kier molecular flexibility index (Phi) is 6.32. The summed E-state index contributed by atoms with van der Waals surface area (Å²) in [5.41, 5.74) is 0.0137. The Morgan fingerprint density at radius 2 is 1.65 bits per heavy atom. The average Bonchev–Trinajstić information content (AvgIpc) is 2.73. The van der Waals surface area contributed by atoms with E-state index in [1.807, 2.05) is 13.8 Å². The second kappa shape index (κ2) is 7.12. The Bertz CT molecular complexity index is 281. The predicted molar refractivity (Wildman–Crippen MR) is 76.8 cm³/mol. The molecule has 1 aliphatic rings. The molecule has 0 radical (unpaired) electrons. The molecule has 0 unspecified atom stereocenters. The highest BCUT2D eigenvalue weighted by Crippen LogP contribution is 2.39. The molecule has 0 aromatic heterocycles. The van der Waals surface area contributed by atoms with E-state index < -0.39 is 12.7 Å². The van der Waals surface area contributed by atoms with E-state index in [4.69, 9.17) is 0 Å². The molecule has 0 aliphatic heterocycles. The van der Waals surface area contributed by atoms with Gasteiger partial charge in [0, 0.05) is 25.2 Å². The Balaban J connectivity index is 2.70. The van der Waals surface area contributed by atoms with Gasteiger partial charge in [0.25, 0.3) is 0 Å². The van der Waals surface area contributed by atoms with E-state index in [1.165, 1.54) is 0 Å². The summed E-state index contributed by atoms with van der Waals surface area (Å²) in [6.07, 6.45) is 0.229. The van der Waals surface area contributed by atoms with Gasteiger partial charge in [-0.25, -0.2) is 0 Å². The van der Waals surface area contributed by atoms with Gasteiger partial charge >= 0.3 is 6.18 Å². The van der Waals surface area contributed by atoms with Crippen LogP contribution >= 0.6 is 0 Å². The quantitative estimate of drug-likeness (QED) is 0.768. The van der Waals surface area contributed by atoms with Crippen LogP contribution in [0.15, 0.2) is 0 Å². The zero-order valence-electron chi connectivity index (χ0n) is 13.2. The van der Waals surface area contributed by atoms with Crippen LogP contribution < -0.4 is 5.32 Å². The molecule has 5 heteroatoms. The van der Waals surface area contributed by atoms with Crippen molar-refractivity contribution in [3.63, 3.8) is 0 Å². The molecule has 2 nitrogen and oxygen atoms in total. The van der Waals surface area contributed by atoms with Crippen molar-refractivity contribution < 1.29 is 13.2 Å². The average molecular weight is 294 g/mol. The van der Waals surface area contributed by atoms with E-state index in [1.54, 1.807) is 4.90 Å². The van der Waals surface area contributed by atoms with Crippen LogP contribution in [0.1, 0.15) is 53.4 Å². The van der Waals surface area contributed by atoms with Gasteiger partial charge in [0.1, 0.15) is 0 Å². The molecule has 0 aromatic carbocycles. The lowest BCUT2D eigenvalue weighted by Crippen LogP contribution is -2.49. The highest BCUT2D eigenvalue weighted by atomic mass is 19.4. The molecular formula is C15H29F3N2. The molecule has 1 rings (SSSR count). The molecule has 20 heavy (non-hydrogen) atoms. The van der Waals surface area contributed by atoms with Gasteiger partial charge in [0.2, 0.25) is 0 Å². The normalized spacial score (nSPS) is 19.5. The third kappa shape index (κ3) is 6.00. The Labute approximate surface area is 121 Å². The lowest BCUT2D eigenvalue weighted by atomic mass is 9.84. The van der Waals surface area contributed by atoms with E-state index >= 15 is 0 Å². The summed E-state index contributed by atoms with van der Waals surface area (Å²) in [5, 5.41) is 3.43. The van der Waals surface area contributed by atoms with E-state index in [-0.39, 0.29) is 11.5 Å².